The maximum Gasteiger partial charge on any atom is 0.307 e. The predicted octanol–water partition coefficient (Wildman–Crippen LogP) is 3.57. The molecule has 0 aliphatic rings. The van der Waals surface area contributed by atoms with E-state index in [1.54, 1.807) is 6.07 Å². The van der Waals surface area contributed by atoms with Crippen molar-refractivity contribution in [2.45, 2.75) is 18.2 Å². The first-order valence-electron chi connectivity index (χ1n) is 7.84. The largest absolute Gasteiger partial charge is 0.456 e. The van der Waals surface area contributed by atoms with Crippen LogP contribution in [0.2, 0.25) is 0 Å². The SMILES string of the molecule is Cc1ccc(SCCC(=O)OCC(=O)Nc2ccccc2[N+](=O)[O-])cc1. The van der Waals surface area contributed by atoms with Crippen molar-refractivity contribution in [1.82, 2.24) is 0 Å². The highest BCUT2D eigenvalue weighted by atomic mass is 32.2. The number of rotatable bonds is 8. The molecule has 26 heavy (non-hydrogen) atoms. The Labute approximate surface area is 154 Å². The van der Waals surface area contributed by atoms with Gasteiger partial charge in [0.1, 0.15) is 5.69 Å². The number of thioether (sulfide) groups is 1. The molecule has 7 nitrogen and oxygen atoms in total. The number of benzene rings is 2. The van der Waals surface area contributed by atoms with Crippen molar-refractivity contribution in [2.24, 2.45) is 0 Å². The van der Waals surface area contributed by atoms with Gasteiger partial charge in [-0.3, -0.25) is 19.7 Å². The lowest BCUT2D eigenvalue weighted by molar-refractivity contribution is -0.383. The summed E-state index contributed by atoms with van der Waals surface area (Å²) in [5.74, 6) is -0.589. The van der Waals surface area contributed by atoms with E-state index in [0.717, 1.165) is 4.90 Å². The van der Waals surface area contributed by atoms with E-state index in [1.165, 1.54) is 35.5 Å². The summed E-state index contributed by atoms with van der Waals surface area (Å²) in [4.78, 5) is 34.8. The van der Waals surface area contributed by atoms with Crippen LogP contribution < -0.4 is 5.32 Å². The zero-order chi connectivity index (χ0) is 18.9. The lowest BCUT2D eigenvalue weighted by Gasteiger charge is -2.07. The number of nitro groups is 1. The average molecular weight is 374 g/mol. The highest BCUT2D eigenvalue weighted by Gasteiger charge is 2.15. The molecule has 1 amide bonds. The predicted molar refractivity (Wildman–Crippen MR) is 99.2 cm³/mol. The summed E-state index contributed by atoms with van der Waals surface area (Å²) in [6.45, 7) is 1.51. The molecule has 8 heteroatoms. The second kappa shape index (κ2) is 9.57. The molecule has 0 radical (unpaired) electrons. The standard InChI is InChI=1S/C18H18N2O5S/c1-13-6-8-14(9-7-13)26-11-10-18(22)25-12-17(21)19-15-4-2-3-5-16(15)20(23)24/h2-9H,10-12H2,1H3,(H,19,21). The second-order valence-electron chi connectivity index (χ2n) is 5.39. The first kappa shape index (κ1) is 19.5. The molecule has 136 valence electrons. The molecule has 0 unspecified atom stereocenters. The van der Waals surface area contributed by atoms with Crippen LogP contribution in [-0.2, 0) is 14.3 Å². The number of esters is 1. The molecule has 0 bridgehead atoms. The van der Waals surface area contributed by atoms with Crippen LogP contribution in [0.15, 0.2) is 53.4 Å². The Morgan fingerprint density at radius 1 is 1.15 bits per heavy atom. The number of nitrogens with zero attached hydrogens (tertiary/aromatic N) is 1. The number of hydrogen-bond acceptors (Lipinski definition) is 6. The van der Waals surface area contributed by atoms with Gasteiger partial charge in [0, 0.05) is 16.7 Å². The number of nitro benzene ring substituents is 1. The van der Waals surface area contributed by atoms with Crippen LogP contribution in [0.25, 0.3) is 0 Å². The summed E-state index contributed by atoms with van der Waals surface area (Å²) in [6.07, 6.45) is 0.164. The number of carbonyl (C=O) groups is 2. The first-order chi connectivity index (χ1) is 12.5. The monoisotopic (exact) mass is 374 g/mol. The van der Waals surface area contributed by atoms with E-state index in [-0.39, 0.29) is 17.8 Å². The summed E-state index contributed by atoms with van der Waals surface area (Å²) in [6, 6.07) is 13.7. The van der Waals surface area contributed by atoms with Gasteiger partial charge in [0.2, 0.25) is 0 Å². The van der Waals surface area contributed by atoms with Gasteiger partial charge in [0.05, 0.1) is 11.3 Å². The van der Waals surface area contributed by atoms with Crippen molar-refractivity contribution in [3.63, 3.8) is 0 Å². The van der Waals surface area contributed by atoms with Crippen LogP contribution in [0, 0.1) is 17.0 Å². The summed E-state index contributed by atoms with van der Waals surface area (Å²) >= 11 is 1.52. The lowest BCUT2D eigenvalue weighted by atomic mass is 10.2. The normalized spacial score (nSPS) is 10.2. The van der Waals surface area contributed by atoms with E-state index in [1.807, 2.05) is 31.2 Å². The third-order valence-corrected chi connectivity index (χ3v) is 4.35. The molecule has 0 spiro atoms. The highest BCUT2D eigenvalue weighted by Crippen LogP contribution is 2.23. The lowest BCUT2D eigenvalue weighted by Crippen LogP contribution is -2.21. The molecule has 1 N–H and O–H groups in total. The van der Waals surface area contributed by atoms with Gasteiger partial charge < -0.3 is 10.1 Å². The molecule has 0 heterocycles. The van der Waals surface area contributed by atoms with E-state index in [0.29, 0.717) is 5.75 Å². The number of nitrogens with one attached hydrogen (secondary N) is 1. The highest BCUT2D eigenvalue weighted by molar-refractivity contribution is 7.99. The van der Waals surface area contributed by atoms with Gasteiger partial charge in [-0.25, -0.2) is 0 Å². The third kappa shape index (κ3) is 6.21. The van der Waals surface area contributed by atoms with E-state index in [2.05, 4.69) is 5.32 Å². The maximum absolute atomic E-state index is 11.8. The van der Waals surface area contributed by atoms with Gasteiger partial charge >= 0.3 is 5.97 Å². The van der Waals surface area contributed by atoms with Crippen molar-refractivity contribution in [2.75, 3.05) is 17.7 Å². The molecule has 0 aliphatic carbocycles. The van der Waals surface area contributed by atoms with Crippen LogP contribution in [0.1, 0.15) is 12.0 Å². The van der Waals surface area contributed by atoms with Gasteiger partial charge in [-0.2, -0.15) is 0 Å². The maximum atomic E-state index is 11.8. The topological polar surface area (TPSA) is 98.5 Å². The van der Waals surface area contributed by atoms with Gasteiger partial charge in [-0.05, 0) is 25.1 Å². The van der Waals surface area contributed by atoms with Gasteiger partial charge in [0.15, 0.2) is 6.61 Å². The Hall–Kier alpha value is -2.87. The van der Waals surface area contributed by atoms with E-state index < -0.39 is 23.4 Å². The van der Waals surface area contributed by atoms with Crippen molar-refractivity contribution in [1.29, 1.82) is 0 Å². The number of carbonyl (C=O) groups excluding carboxylic acids is 2. The van der Waals surface area contributed by atoms with Crippen LogP contribution in [0.5, 0.6) is 0 Å². The fourth-order valence-electron chi connectivity index (χ4n) is 2.03. The van der Waals surface area contributed by atoms with Crippen LogP contribution in [0.3, 0.4) is 0 Å². The Morgan fingerprint density at radius 2 is 1.85 bits per heavy atom. The van der Waals surface area contributed by atoms with Crippen molar-refractivity contribution in [3.8, 4) is 0 Å². The third-order valence-electron chi connectivity index (χ3n) is 3.33. The van der Waals surface area contributed by atoms with Crippen LogP contribution >= 0.6 is 11.8 Å². The summed E-state index contributed by atoms with van der Waals surface area (Å²) in [7, 11) is 0. The van der Waals surface area contributed by atoms with E-state index >= 15 is 0 Å². The van der Waals surface area contributed by atoms with Crippen molar-refractivity contribution in [3.05, 3.63) is 64.2 Å². The zero-order valence-corrected chi connectivity index (χ0v) is 15.0. The molecule has 2 aromatic rings. The van der Waals surface area contributed by atoms with Crippen molar-refractivity contribution < 1.29 is 19.2 Å². The Balaban J connectivity index is 1.72. The quantitative estimate of drug-likeness (QED) is 0.328. The van der Waals surface area contributed by atoms with Gasteiger partial charge in [-0.15, -0.1) is 11.8 Å². The van der Waals surface area contributed by atoms with E-state index in [9.17, 15) is 19.7 Å². The number of hydrogen-bond donors (Lipinski definition) is 1. The first-order valence-corrected chi connectivity index (χ1v) is 8.82. The zero-order valence-electron chi connectivity index (χ0n) is 14.1. The average Bonchev–Trinajstić information content (AvgIpc) is 2.62. The Bertz CT molecular complexity index is 792. The number of aryl methyl sites for hydroxylation is 1. The summed E-state index contributed by atoms with van der Waals surface area (Å²) in [5.41, 5.74) is 1.01. The van der Waals surface area contributed by atoms with Crippen LogP contribution in [0.4, 0.5) is 11.4 Å². The number of para-hydroxylation sites is 2. The number of anilines is 1. The molecule has 2 aromatic carbocycles. The molecule has 0 saturated carbocycles. The van der Waals surface area contributed by atoms with E-state index in [4.69, 9.17) is 4.74 Å². The van der Waals surface area contributed by atoms with Crippen LogP contribution in [-0.4, -0.2) is 29.2 Å². The van der Waals surface area contributed by atoms with Crippen molar-refractivity contribution >= 4 is 35.0 Å². The smallest absolute Gasteiger partial charge is 0.307 e. The minimum atomic E-state index is -0.626. The molecule has 2 rings (SSSR count). The molecular formula is C18H18N2O5S. The molecule has 0 fully saturated rings. The molecular weight excluding hydrogens is 356 g/mol. The molecule has 0 aliphatic heterocycles. The van der Waals surface area contributed by atoms with Gasteiger partial charge in [-0.1, -0.05) is 29.8 Å². The number of ether oxygens (including phenoxy) is 1. The molecule has 0 saturated heterocycles. The molecule has 0 aromatic heterocycles. The fourth-order valence-corrected chi connectivity index (χ4v) is 2.86. The Kier molecular flexibility index (Phi) is 7.16. The molecule has 0 atom stereocenters. The Morgan fingerprint density at radius 3 is 2.54 bits per heavy atom. The minimum absolute atomic E-state index is 0.0634. The minimum Gasteiger partial charge on any atom is -0.456 e. The summed E-state index contributed by atoms with van der Waals surface area (Å²) in [5, 5.41) is 13.3. The number of amides is 1. The summed E-state index contributed by atoms with van der Waals surface area (Å²) < 4.78 is 4.90. The fraction of sp³-hybridized carbons (Fsp3) is 0.222. The second-order valence-corrected chi connectivity index (χ2v) is 6.56. The van der Waals surface area contributed by atoms with Gasteiger partial charge in [0.25, 0.3) is 11.6 Å².